The summed E-state index contributed by atoms with van der Waals surface area (Å²) in [6, 6.07) is 0. The minimum atomic E-state index is -1.08. The Hall–Kier alpha value is -1.30. The molecular weight excluding hydrogens is 274 g/mol. The van der Waals surface area contributed by atoms with Crippen LogP contribution < -0.4 is 5.32 Å². The van der Waals surface area contributed by atoms with Crippen molar-refractivity contribution >= 4 is 12.1 Å². The number of rotatable bonds is 8. The Morgan fingerprint density at radius 2 is 1.81 bits per heavy atom. The molecule has 6 heteroatoms. The number of ether oxygens (including phenoxy) is 1. The van der Waals surface area contributed by atoms with Gasteiger partial charge in [0.2, 0.25) is 0 Å². The maximum Gasteiger partial charge on any atom is 0.407 e. The molecule has 0 aromatic carbocycles. The number of carbonyl (C=O) groups is 2. The number of nitrogens with one attached hydrogen (secondary N) is 1. The summed E-state index contributed by atoms with van der Waals surface area (Å²) in [5.74, 6) is -0.791. The number of amides is 1. The van der Waals surface area contributed by atoms with Gasteiger partial charge in [-0.3, -0.25) is 4.79 Å². The van der Waals surface area contributed by atoms with Gasteiger partial charge < -0.3 is 20.3 Å². The molecule has 0 aliphatic carbocycles. The second kappa shape index (κ2) is 8.22. The Labute approximate surface area is 126 Å². The first kappa shape index (κ1) is 19.7. The highest BCUT2D eigenvalue weighted by Crippen LogP contribution is 2.32. The van der Waals surface area contributed by atoms with Crippen LogP contribution in [0.4, 0.5) is 4.79 Å². The van der Waals surface area contributed by atoms with Crippen molar-refractivity contribution in [3.63, 3.8) is 0 Å². The topological polar surface area (TPSA) is 95.9 Å². The van der Waals surface area contributed by atoms with Crippen LogP contribution in [0.3, 0.4) is 0 Å². The van der Waals surface area contributed by atoms with Crippen molar-refractivity contribution in [1.82, 2.24) is 5.32 Å². The van der Waals surface area contributed by atoms with Crippen LogP contribution in [-0.4, -0.2) is 41.0 Å². The van der Waals surface area contributed by atoms with Gasteiger partial charge in [0.25, 0.3) is 0 Å². The zero-order chi connectivity index (χ0) is 16.7. The van der Waals surface area contributed by atoms with Crippen LogP contribution in [0.15, 0.2) is 0 Å². The van der Waals surface area contributed by atoms with E-state index < -0.39 is 23.1 Å². The predicted molar refractivity (Wildman–Crippen MR) is 80.1 cm³/mol. The van der Waals surface area contributed by atoms with E-state index in [0.29, 0.717) is 19.3 Å². The van der Waals surface area contributed by atoms with Crippen LogP contribution in [0, 0.1) is 11.3 Å². The first-order valence-electron chi connectivity index (χ1n) is 7.33. The lowest BCUT2D eigenvalue weighted by molar-refractivity contribution is -0.150. The maximum atomic E-state index is 11.7. The number of aliphatic hydroxyl groups is 1. The van der Waals surface area contributed by atoms with Crippen molar-refractivity contribution in [3.8, 4) is 0 Å². The first-order valence-corrected chi connectivity index (χ1v) is 7.33. The fourth-order valence-electron chi connectivity index (χ4n) is 2.29. The summed E-state index contributed by atoms with van der Waals surface area (Å²) in [7, 11) is 0. The third-order valence-electron chi connectivity index (χ3n) is 3.04. The molecule has 0 heterocycles. The van der Waals surface area contributed by atoms with Crippen LogP contribution >= 0.6 is 0 Å². The Morgan fingerprint density at radius 1 is 1.24 bits per heavy atom. The van der Waals surface area contributed by atoms with Crippen LogP contribution in [0.2, 0.25) is 0 Å². The van der Waals surface area contributed by atoms with Gasteiger partial charge in [-0.05, 0) is 46.0 Å². The molecule has 0 aliphatic heterocycles. The third-order valence-corrected chi connectivity index (χ3v) is 3.04. The van der Waals surface area contributed by atoms with Crippen molar-refractivity contribution < 1.29 is 24.5 Å². The molecule has 0 fully saturated rings. The largest absolute Gasteiger partial charge is 0.481 e. The third kappa shape index (κ3) is 7.90. The molecule has 0 aliphatic rings. The van der Waals surface area contributed by atoms with Crippen LogP contribution in [0.25, 0.3) is 0 Å². The lowest BCUT2D eigenvalue weighted by Gasteiger charge is -2.31. The van der Waals surface area contributed by atoms with E-state index in [1.165, 1.54) is 0 Å². The highest BCUT2D eigenvalue weighted by molar-refractivity contribution is 5.76. The summed E-state index contributed by atoms with van der Waals surface area (Å²) in [5, 5.41) is 21.1. The molecule has 0 aromatic heterocycles. The van der Waals surface area contributed by atoms with E-state index in [2.05, 4.69) is 5.32 Å². The lowest BCUT2D eigenvalue weighted by atomic mass is 9.76. The molecule has 1 amide bonds. The average Bonchev–Trinajstić information content (AvgIpc) is 2.29. The molecule has 0 rings (SSSR count). The van der Waals surface area contributed by atoms with Crippen molar-refractivity contribution in [3.05, 3.63) is 0 Å². The van der Waals surface area contributed by atoms with E-state index in [4.69, 9.17) is 9.84 Å². The average molecular weight is 303 g/mol. The minimum Gasteiger partial charge on any atom is -0.481 e. The van der Waals surface area contributed by atoms with Gasteiger partial charge in [-0.15, -0.1) is 0 Å². The van der Waals surface area contributed by atoms with E-state index >= 15 is 0 Å². The Kier molecular flexibility index (Phi) is 7.71. The van der Waals surface area contributed by atoms with Gasteiger partial charge in [-0.25, -0.2) is 4.79 Å². The first-order chi connectivity index (χ1) is 9.52. The van der Waals surface area contributed by atoms with Crippen LogP contribution in [0.1, 0.15) is 53.9 Å². The number of alkyl carbamates (subject to hydrolysis) is 1. The highest BCUT2D eigenvalue weighted by atomic mass is 16.6. The molecule has 1 unspecified atom stereocenters. The summed E-state index contributed by atoms with van der Waals surface area (Å²) in [6.45, 7) is 9.04. The second-order valence-electron chi connectivity index (χ2n) is 6.87. The number of hydrogen-bond donors (Lipinski definition) is 3. The van der Waals surface area contributed by atoms with Gasteiger partial charge in [-0.2, -0.15) is 0 Å². The molecule has 0 radical (unpaired) electrons. The van der Waals surface area contributed by atoms with Gasteiger partial charge in [0, 0.05) is 13.2 Å². The number of aliphatic hydroxyl groups excluding tert-OH is 1. The summed E-state index contributed by atoms with van der Waals surface area (Å²) in [5.41, 5.74) is -1.70. The number of carboxylic acids is 1. The van der Waals surface area contributed by atoms with Gasteiger partial charge in [-0.1, -0.05) is 13.8 Å². The maximum absolute atomic E-state index is 11.7. The summed E-state index contributed by atoms with van der Waals surface area (Å²) in [4.78, 5) is 23.4. The van der Waals surface area contributed by atoms with Crippen molar-refractivity contribution in [2.75, 3.05) is 13.2 Å². The SMILES string of the molecule is CC(C)CC(CCCO)(CNC(=O)OC(C)(C)C)C(=O)O. The molecule has 0 aromatic rings. The standard InChI is InChI=1S/C15H29NO5/c1-11(2)9-15(12(18)19,7-6-8-17)10-16-13(20)21-14(3,4)5/h11,17H,6-10H2,1-5H3,(H,16,20)(H,18,19). The molecule has 0 spiro atoms. The van der Waals surface area contributed by atoms with Gasteiger partial charge in [0.05, 0.1) is 5.41 Å². The zero-order valence-corrected chi connectivity index (χ0v) is 13.7. The van der Waals surface area contributed by atoms with E-state index in [-0.39, 0.29) is 19.1 Å². The van der Waals surface area contributed by atoms with Crippen LogP contribution in [-0.2, 0) is 9.53 Å². The predicted octanol–water partition coefficient (Wildman–Crippen LogP) is 2.40. The smallest absolute Gasteiger partial charge is 0.407 e. The minimum absolute atomic E-state index is 0.00454. The fraction of sp³-hybridized carbons (Fsp3) is 0.867. The van der Waals surface area contributed by atoms with Crippen molar-refractivity contribution in [2.45, 2.75) is 59.5 Å². The van der Waals surface area contributed by atoms with E-state index in [0.717, 1.165) is 0 Å². The molecule has 0 saturated heterocycles. The summed E-state index contributed by atoms with van der Waals surface area (Å²) < 4.78 is 5.13. The van der Waals surface area contributed by atoms with Crippen molar-refractivity contribution in [2.24, 2.45) is 11.3 Å². The molecule has 0 bridgehead atoms. The highest BCUT2D eigenvalue weighted by Gasteiger charge is 2.39. The normalized spacial score (nSPS) is 14.6. The molecule has 3 N–H and O–H groups in total. The Morgan fingerprint density at radius 3 is 2.19 bits per heavy atom. The lowest BCUT2D eigenvalue weighted by Crippen LogP contribution is -2.45. The molecule has 6 nitrogen and oxygen atoms in total. The molecular formula is C15H29NO5. The van der Waals surface area contributed by atoms with E-state index in [9.17, 15) is 14.7 Å². The fourth-order valence-corrected chi connectivity index (χ4v) is 2.29. The van der Waals surface area contributed by atoms with E-state index in [1.807, 2.05) is 13.8 Å². The summed E-state index contributed by atoms with van der Waals surface area (Å²) in [6.07, 6.45) is 0.501. The molecule has 124 valence electrons. The van der Waals surface area contributed by atoms with E-state index in [1.54, 1.807) is 20.8 Å². The monoisotopic (exact) mass is 303 g/mol. The molecule has 21 heavy (non-hydrogen) atoms. The number of aliphatic carboxylic acids is 1. The molecule has 1 atom stereocenters. The Bertz CT molecular complexity index is 348. The quantitative estimate of drug-likeness (QED) is 0.640. The Balaban J connectivity index is 4.87. The molecule has 0 saturated carbocycles. The van der Waals surface area contributed by atoms with Crippen molar-refractivity contribution in [1.29, 1.82) is 0 Å². The van der Waals surface area contributed by atoms with Crippen LogP contribution in [0.5, 0.6) is 0 Å². The number of hydrogen-bond acceptors (Lipinski definition) is 4. The zero-order valence-electron chi connectivity index (χ0n) is 13.7. The summed E-state index contributed by atoms with van der Waals surface area (Å²) >= 11 is 0. The van der Waals surface area contributed by atoms with Gasteiger partial charge >= 0.3 is 12.1 Å². The second-order valence-corrected chi connectivity index (χ2v) is 6.87. The number of carbonyl (C=O) groups excluding carboxylic acids is 1. The number of carboxylic acid groups (broad SMARTS) is 1. The van der Waals surface area contributed by atoms with Gasteiger partial charge in [0.1, 0.15) is 5.60 Å². The van der Waals surface area contributed by atoms with Gasteiger partial charge in [0.15, 0.2) is 0 Å².